The summed E-state index contributed by atoms with van der Waals surface area (Å²) in [6, 6.07) is 0.0337. The van der Waals surface area contributed by atoms with Gasteiger partial charge < -0.3 is 15.3 Å². The lowest BCUT2D eigenvalue weighted by Crippen LogP contribution is -2.10. The number of hydrogen-bond acceptors (Lipinski definition) is 5. The van der Waals surface area contributed by atoms with E-state index >= 15 is 0 Å². The van der Waals surface area contributed by atoms with E-state index in [9.17, 15) is 0 Å². The van der Waals surface area contributed by atoms with Gasteiger partial charge in [0.1, 0.15) is 17.7 Å². The normalized spacial score (nSPS) is 12.8. The second kappa shape index (κ2) is 3.85. The van der Waals surface area contributed by atoms with E-state index in [0.29, 0.717) is 5.65 Å². The van der Waals surface area contributed by atoms with Crippen LogP contribution in [-0.4, -0.2) is 29.9 Å². The van der Waals surface area contributed by atoms with E-state index in [0.717, 1.165) is 17.2 Å². The first-order valence-corrected chi connectivity index (χ1v) is 5.24. The summed E-state index contributed by atoms with van der Waals surface area (Å²) < 4.78 is 0. The van der Waals surface area contributed by atoms with Crippen molar-refractivity contribution < 1.29 is 0 Å². The van der Waals surface area contributed by atoms with Crippen molar-refractivity contribution in [3.63, 3.8) is 0 Å². The number of aromatic amines is 2. The summed E-state index contributed by atoms with van der Waals surface area (Å²) in [5, 5.41) is 3.26. The fourth-order valence-electron chi connectivity index (χ4n) is 1.66. The number of anilines is 1. The maximum atomic E-state index is 4.19. The Hall–Kier alpha value is -2.44. The summed E-state index contributed by atoms with van der Waals surface area (Å²) in [5.41, 5.74) is 1.44. The van der Waals surface area contributed by atoms with Crippen LogP contribution in [-0.2, 0) is 0 Å². The molecule has 86 valence electrons. The third-order valence-electron chi connectivity index (χ3n) is 2.51. The van der Waals surface area contributed by atoms with Crippen LogP contribution in [0.5, 0.6) is 0 Å². The molecule has 7 nitrogen and oxygen atoms in total. The number of aromatic nitrogens is 6. The van der Waals surface area contributed by atoms with Crippen LogP contribution in [0.2, 0.25) is 0 Å². The molecule has 3 aromatic heterocycles. The Labute approximate surface area is 96.7 Å². The molecule has 1 unspecified atom stereocenters. The van der Waals surface area contributed by atoms with Gasteiger partial charge in [0.25, 0.3) is 0 Å². The minimum atomic E-state index is 0.0337. The molecule has 0 spiro atoms. The van der Waals surface area contributed by atoms with Crippen LogP contribution in [0.15, 0.2) is 25.0 Å². The Kier molecular flexibility index (Phi) is 2.21. The van der Waals surface area contributed by atoms with E-state index in [2.05, 4.69) is 35.2 Å². The van der Waals surface area contributed by atoms with Gasteiger partial charge in [-0.15, -0.1) is 0 Å². The van der Waals surface area contributed by atoms with Gasteiger partial charge in [-0.3, -0.25) is 0 Å². The van der Waals surface area contributed by atoms with Crippen molar-refractivity contribution in [2.24, 2.45) is 0 Å². The summed E-state index contributed by atoms with van der Waals surface area (Å²) in [7, 11) is 0. The van der Waals surface area contributed by atoms with E-state index in [1.165, 1.54) is 6.33 Å². The summed E-state index contributed by atoms with van der Waals surface area (Å²) in [6.45, 7) is 2.00. The van der Waals surface area contributed by atoms with E-state index in [1.807, 2.05) is 6.92 Å². The van der Waals surface area contributed by atoms with Crippen molar-refractivity contribution in [3.05, 3.63) is 30.9 Å². The molecule has 0 aromatic carbocycles. The lowest BCUT2D eigenvalue weighted by atomic mass is 10.3. The summed E-state index contributed by atoms with van der Waals surface area (Å²) in [6.07, 6.45) is 6.60. The fraction of sp³-hybridized carbons (Fsp3) is 0.200. The third-order valence-corrected chi connectivity index (χ3v) is 2.51. The van der Waals surface area contributed by atoms with Crippen LogP contribution in [0, 0.1) is 0 Å². The Morgan fingerprint density at radius 1 is 1.18 bits per heavy atom. The van der Waals surface area contributed by atoms with Crippen LogP contribution in [0.3, 0.4) is 0 Å². The SMILES string of the molecule is CC(Nc1ncnc2nc[nH]c12)c1ncc[nH]1. The molecule has 0 fully saturated rings. The van der Waals surface area contributed by atoms with Gasteiger partial charge >= 0.3 is 0 Å². The maximum absolute atomic E-state index is 4.19. The average Bonchev–Trinajstić information content (AvgIpc) is 3.00. The zero-order valence-electron chi connectivity index (χ0n) is 9.18. The average molecular weight is 229 g/mol. The minimum absolute atomic E-state index is 0.0337. The van der Waals surface area contributed by atoms with Crippen LogP contribution in [0.4, 0.5) is 5.82 Å². The molecule has 17 heavy (non-hydrogen) atoms. The Morgan fingerprint density at radius 3 is 2.94 bits per heavy atom. The second-order valence-electron chi connectivity index (χ2n) is 3.66. The summed E-state index contributed by atoms with van der Waals surface area (Å²) >= 11 is 0. The number of nitrogens with one attached hydrogen (secondary N) is 3. The fourth-order valence-corrected chi connectivity index (χ4v) is 1.66. The highest BCUT2D eigenvalue weighted by atomic mass is 15.1. The molecule has 0 aliphatic carbocycles. The highest BCUT2D eigenvalue weighted by molar-refractivity contribution is 5.82. The molecule has 0 saturated carbocycles. The predicted octanol–water partition coefficient (Wildman–Crippen LogP) is 1.25. The van der Waals surface area contributed by atoms with Gasteiger partial charge in [-0.25, -0.2) is 19.9 Å². The quantitative estimate of drug-likeness (QED) is 0.628. The molecule has 3 aromatic rings. The Morgan fingerprint density at radius 2 is 2.12 bits per heavy atom. The number of imidazole rings is 2. The number of rotatable bonds is 3. The molecule has 3 N–H and O–H groups in total. The first-order valence-electron chi connectivity index (χ1n) is 5.24. The predicted molar refractivity (Wildman–Crippen MR) is 62.3 cm³/mol. The molecule has 1 atom stereocenters. The van der Waals surface area contributed by atoms with Crippen LogP contribution in [0.25, 0.3) is 11.2 Å². The monoisotopic (exact) mass is 229 g/mol. The summed E-state index contributed by atoms with van der Waals surface area (Å²) in [5.74, 6) is 1.58. The first-order chi connectivity index (χ1) is 8.34. The van der Waals surface area contributed by atoms with Crippen molar-refractivity contribution in [3.8, 4) is 0 Å². The molecule has 0 amide bonds. The lowest BCUT2D eigenvalue weighted by Gasteiger charge is -2.11. The van der Waals surface area contributed by atoms with Crippen LogP contribution in [0.1, 0.15) is 18.8 Å². The number of hydrogen-bond donors (Lipinski definition) is 3. The maximum Gasteiger partial charge on any atom is 0.182 e. The van der Waals surface area contributed by atoms with Crippen molar-refractivity contribution in [2.45, 2.75) is 13.0 Å². The molecule has 0 radical (unpaired) electrons. The van der Waals surface area contributed by atoms with E-state index in [1.54, 1.807) is 18.7 Å². The minimum Gasteiger partial charge on any atom is -0.359 e. The van der Waals surface area contributed by atoms with Crippen LogP contribution < -0.4 is 5.32 Å². The zero-order valence-corrected chi connectivity index (χ0v) is 9.18. The standard InChI is InChI=1S/C10H11N7/c1-6(8-11-2-3-12-8)17-10-7-9(14-4-13-7)15-5-16-10/h2-6H,1H3,(H,11,12)(H2,13,14,15,16,17). The Balaban J connectivity index is 1.92. The number of H-pyrrole nitrogens is 2. The third kappa shape index (κ3) is 1.71. The first kappa shape index (κ1) is 9.76. The highest BCUT2D eigenvalue weighted by Crippen LogP contribution is 2.19. The van der Waals surface area contributed by atoms with Gasteiger partial charge in [-0.1, -0.05) is 0 Å². The van der Waals surface area contributed by atoms with E-state index < -0.39 is 0 Å². The largest absolute Gasteiger partial charge is 0.359 e. The van der Waals surface area contributed by atoms with Gasteiger partial charge in [0, 0.05) is 12.4 Å². The molecule has 7 heteroatoms. The van der Waals surface area contributed by atoms with Gasteiger partial charge in [-0.05, 0) is 6.92 Å². The number of fused-ring (bicyclic) bond motifs is 1. The molecule has 0 aliphatic rings. The summed E-state index contributed by atoms with van der Waals surface area (Å²) in [4.78, 5) is 22.6. The van der Waals surface area contributed by atoms with Crippen molar-refractivity contribution in [2.75, 3.05) is 5.32 Å². The Bertz CT molecular complexity index is 612. The van der Waals surface area contributed by atoms with Gasteiger partial charge in [-0.2, -0.15) is 0 Å². The smallest absolute Gasteiger partial charge is 0.182 e. The van der Waals surface area contributed by atoms with Gasteiger partial charge in [0.05, 0.1) is 12.4 Å². The van der Waals surface area contributed by atoms with Crippen molar-refractivity contribution in [1.82, 2.24) is 29.9 Å². The zero-order chi connectivity index (χ0) is 11.7. The molecule has 0 bridgehead atoms. The highest BCUT2D eigenvalue weighted by Gasteiger charge is 2.11. The van der Waals surface area contributed by atoms with Crippen LogP contribution >= 0.6 is 0 Å². The molecule has 0 aliphatic heterocycles. The molecule has 0 saturated heterocycles. The van der Waals surface area contributed by atoms with Crippen molar-refractivity contribution in [1.29, 1.82) is 0 Å². The lowest BCUT2D eigenvalue weighted by molar-refractivity contribution is 0.804. The molecule has 3 rings (SSSR count). The molecular formula is C10H11N7. The van der Waals surface area contributed by atoms with Gasteiger partial charge in [0.2, 0.25) is 0 Å². The van der Waals surface area contributed by atoms with Crippen molar-refractivity contribution >= 4 is 17.0 Å². The van der Waals surface area contributed by atoms with E-state index in [4.69, 9.17) is 0 Å². The number of nitrogens with zero attached hydrogens (tertiary/aromatic N) is 4. The van der Waals surface area contributed by atoms with E-state index in [-0.39, 0.29) is 6.04 Å². The molecular weight excluding hydrogens is 218 g/mol. The molecule has 3 heterocycles. The van der Waals surface area contributed by atoms with Gasteiger partial charge in [0.15, 0.2) is 11.5 Å². The topological polar surface area (TPSA) is 95.2 Å². The second-order valence-corrected chi connectivity index (χ2v) is 3.66.